The van der Waals surface area contributed by atoms with Crippen molar-refractivity contribution >= 4 is 18.0 Å². The number of anilines is 1. The summed E-state index contributed by atoms with van der Waals surface area (Å²) >= 11 is 0. The Morgan fingerprint density at radius 2 is 1.71 bits per heavy atom. The lowest BCUT2D eigenvalue weighted by atomic mass is 10.0. The molecule has 0 unspecified atom stereocenters. The first-order chi connectivity index (χ1) is 13.7. The molecule has 2 aliphatic rings. The van der Waals surface area contributed by atoms with Crippen LogP contribution < -0.4 is 4.90 Å². The Balaban J connectivity index is 1.53. The normalized spacial score (nSPS) is 17.2. The van der Waals surface area contributed by atoms with Crippen LogP contribution >= 0.6 is 0 Å². The Morgan fingerprint density at radius 3 is 2.39 bits per heavy atom. The zero-order chi connectivity index (χ0) is 19.3. The molecule has 2 aliphatic heterocycles. The fourth-order valence-electron chi connectivity index (χ4n) is 3.74. The quantitative estimate of drug-likeness (QED) is 0.822. The van der Waals surface area contributed by atoms with Crippen molar-refractivity contribution in [2.24, 2.45) is 15.9 Å². The van der Waals surface area contributed by atoms with Crippen molar-refractivity contribution in [3.63, 3.8) is 0 Å². The van der Waals surface area contributed by atoms with E-state index < -0.39 is 0 Å². The lowest BCUT2D eigenvalue weighted by molar-refractivity contribution is 0.378. The summed E-state index contributed by atoms with van der Waals surface area (Å²) in [6.07, 6.45) is 3.93. The lowest BCUT2D eigenvalue weighted by Crippen LogP contribution is -2.49. The predicted molar refractivity (Wildman–Crippen MR) is 115 cm³/mol. The molecule has 0 aliphatic carbocycles. The van der Waals surface area contributed by atoms with E-state index in [9.17, 15) is 0 Å². The third kappa shape index (κ3) is 4.21. The summed E-state index contributed by atoms with van der Waals surface area (Å²) < 4.78 is 0. The van der Waals surface area contributed by atoms with E-state index in [1.807, 2.05) is 24.4 Å². The topological polar surface area (TPSA) is 57.0 Å². The first kappa shape index (κ1) is 18.6. The van der Waals surface area contributed by atoms with Crippen LogP contribution in [0.4, 0.5) is 5.82 Å². The van der Waals surface area contributed by atoms with Gasteiger partial charge in [0.25, 0.3) is 0 Å². The molecule has 1 aromatic heterocycles. The first-order valence-corrected chi connectivity index (χ1v) is 10.2. The number of guanidine groups is 1. The highest BCUT2D eigenvalue weighted by Gasteiger charge is 2.23. The summed E-state index contributed by atoms with van der Waals surface area (Å²) in [6, 6.07) is 12.5. The third-order valence-corrected chi connectivity index (χ3v) is 5.13. The first-order valence-electron chi connectivity index (χ1n) is 10.2. The van der Waals surface area contributed by atoms with E-state index in [0.717, 1.165) is 68.6 Å². The van der Waals surface area contributed by atoms with E-state index in [1.54, 1.807) is 0 Å². The molecule has 1 aromatic carbocycles. The van der Waals surface area contributed by atoms with Crippen LogP contribution in [0.15, 0.2) is 46.4 Å². The van der Waals surface area contributed by atoms with Gasteiger partial charge in [-0.15, -0.1) is 10.2 Å². The van der Waals surface area contributed by atoms with Crippen LogP contribution in [0.1, 0.15) is 25.8 Å². The number of aliphatic imine (C=N–C) groups is 2. The van der Waals surface area contributed by atoms with Crippen molar-refractivity contribution in [1.82, 2.24) is 15.1 Å². The van der Waals surface area contributed by atoms with Crippen LogP contribution in [0.25, 0.3) is 11.3 Å². The van der Waals surface area contributed by atoms with Gasteiger partial charge in [-0.3, -0.25) is 4.99 Å². The van der Waals surface area contributed by atoms with Crippen molar-refractivity contribution in [3.8, 4) is 11.3 Å². The third-order valence-electron chi connectivity index (χ3n) is 5.13. The largest absolute Gasteiger partial charge is 0.351 e. The highest BCUT2D eigenvalue weighted by atomic mass is 15.4. The molecule has 3 heterocycles. The molecule has 0 radical (unpaired) electrons. The van der Waals surface area contributed by atoms with Gasteiger partial charge in [0.15, 0.2) is 5.82 Å². The second kappa shape index (κ2) is 8.50. The van der Waals surface area contributed by atoms with Crippen LogP contribution in [0.3, 0.4) is 0 Å². The Hall–Kier alpha value is -2.76. The number of nitrogens with zero attached hydrogens (tertiary/aromatic N) is 6. The van der Waals surface area contributed by atoms with Crippen molar-refractivity contribution in [1.29, 1.82) is 0 Å². The molecule has 0 N–H and O–H groups in total. The van der Waals surface area contributed by atoms with Crippen LogP contribution in [0, 0.1) is 5.92 Å². The van der Waals surface area contributed by atoms with Crippen LogP contribution in [-0.4, -0.2) is 60.0 Å². The molecule has 0 bridgehead atoms. The summed E-state index contributed by atoms with van der Waals surface area (Å²) in [4.78, 5) is 13.7. The maximum atomic E-state index is 4.67. The minimum absolute atomic E-state index is 0.568. The summed E-state index contributed by atoms with van der Waals surface area (Å²) in [5.74, 6) is 2.49. The average molecular weight is 377 g/mol. The molecule has 0 atom stereocenters. The molecule has 146 valence electrons. The number of hydrogen-bond donors (Lipinski definition) is 0. The van der Waals surface area contributed by atoms with E-state index in [-0.39, 0.29) is 0 Å². The van der Waals surface area contributed by atoms with Gasteiger partial charge in [-0.1, -0.05) is 44.2 Å². The zero-order valence-corrected chi connectivity index (χ0v) is 16.8. The van der Waals surface area contributed by atoms with Gasteiger partial charge in [0, 0.05) is 50.9 Å². The Labute approximate surface area is 167 Å². The van der Waals surface area contributed by atoms with Gasteiger partial charge in [0.1, 0.15) is 0 Å². The highest BCUT2D eigenvalue weighted by Crippen LogP contribution is 2.26. The Bertz CT molecular complexity index is 851. The summed E-state index contributed by atoms with van der Waals surface area (Å²) in [5.41, 5.74) is 3.35. The van der Waals surface area contributed by atoms with Crippen LogP contribution in [0.5, 0.6) is 0 Å². The van der Waals surface area contributed by atoms with Gasteiger partial charge in [-0.25, -0.2) is 4.99 Å². The summed E-state index contributed by atoms with van der Waals surface area (Å²) in [6.45, 7) is 9.02. The molecule has 0 spiro atoms. The number of aromatic nitrogens is 2. The van der Waals surface area contributed by atoms with Crippen molar-refractivity contribution < 1.29 is 0 Å². The molecule has 28 heavy (non-hydrogen) atoms. The predicted octanol–water partition coefficient (Wildman–Crippen LogP) is 3.29. The maximum Gasteiger partial charge on any atom is 0.220 e. The van der Waals surface area contributed by atoms with Gasteiger partial charge in [0.2, 0.25) is 5.96 Å². The van der Waals surface area contributed by atoms with Gasteiger partial charge >= 0.3 is 0 Å². The molecule has 2 aromatic rings. The van der Waals surface area contributed by atoms with Gasteiger partial charge in [0.05, 0.1) is 5.69 Å². The van der Waals surface area contributed by atoms with E-state index in [2.05, 4.69) is 62.0 Å². The van der Waals surface area contributed by atoms with Crippen molar-refractivity contribution in [2.75, 3.05) is 37.6 Å². The fraction of sp³-hybridized carbons (Fsp3) is 0.455. The molecule has 0 amide bonds. The number of benzene rings is 1. The molecular formula is C22H28N6. The molecule has 4 rings (SSSR count). The Morgan fingerprint density at radius 1 is 0.964 bits per heavy atom. The van der Waals surface area contributed by atoms with E-state index in [0.29, 0.717) is 5.92 Å². The lowest BCUT2D eigenvalue weighted by Gasteiger charge is -2.36. The second-order valence-corrected chi connectivity index (χ2v) is 7.80. The smallest absolute Gasteiger partial charge is 0.220 e. The number of rotatable bonds is 4. The molecular weight excluding hydrogens is 348 g/mol. The molecule has 1 saturated heterocycles. The molecule has 0 saturated carbocycles. The van der Waals surface area contributed by atoms with Crippen molar-refractivity contribution in [2.45, 2.75) is 26.7 Å². The van der Waals surface area contributed by atoms with Gasteiger partial charge in [-0.2, -0.15) is 0 Å². The second-order valence-electron chi connectivity index (χ2n) is 7.80. The van der Waals surface area contributed by atoms with Gasteiger partial charge in [-0.05, 0) is 24.0 Å². The minimum atomic E-state index is 0.568. The van der Waals surface area contributed by atoms with E-state index in [1.165, 1.54) is 5.56 Å². The van der Waals surface area contributed by atoms with Crippen LogP contribution in [0.2, 0.25) is 0 Å². The van der Waals surface area contributed by atoms with Crippen LogP contribution in [-0.2, 0) is 6.42 Å². The van der Waals surface area contributed by atoms with Gasteiger partial charge < -0.3 is 9.80 Å². The Kier molecular flexibility index (Phi) is 5.65. The standard InChI is InChI=1S/C22H28N6/c1-17(2)15-19-16-20(18-7-4-3-5-8-18)25-26-21(19)27-11-13-28(14-12-27)22-23-9-6-10-24-22/h3-5,7-9,16-17H,6,10-15H2,1-2H3. The van der Waals surface area contributed by atoms with E-state index >= 15 is 0 Å². The zero-order valence-electron chi connectivity index (χ0n) is 16.8. The molecule has 1 fully saturated rings. The number of hydrogen-bond acceptors (Lipinski definition) is 6. The maximum absolute atomic E-state index is 4.67. The SMILES string of the molecule is CC(C)Cc1cc(-c2ccccc2)nnc1N1CCN(C2=NCCC=N2)CC1. The summed E-state index contributed by atoms with van der Waals surface area (Å²) in [5, 5.41) is 9.22. The monoisotopic (exact) mass is 376 g/mol. The summed E-state index contributed by atoms with van der Waals surface area (Å²) in [7, 11) is 0. The molecule has 6 heteroatoms. The fourth-order valence-corrected chi connectivity index (χ4v) is 3.74. The molecule has 6 nitrogen and oxygen atoms in total. The van der Waals surface area contributed by atoms with Crippen molar-refractivity contribution in [3.05, 3.63) is 42.0 Å². The van der Waals surface area contributed by atoms with E-state index in [4.69, 9.17) is 0 Å². The highest BCUT2D eigenvalue weighted by molar-refractivity contribution is 5.89. The number of piperazine rings is 1. The minimum Gasteiger partial charge on any atom is -0.351 e. The average Bonchev–Trinajstić information content (AvgIpc) is 2.75.